The van der Waals surface area contributed by atoms with Gasteiger partial charge in [-0.25, -0.2) is 4.39 Å². The number of hydrogen-bond acceptors (Lipinski definition) is 2. The lowest BCUT2D eigenvalue weighted by atomic mass is 9.94. The summed E-state index contributed by atoms with van der Waals surface area (Å²) < 4.78 is 19.0. The molecule has 1 saturated carbocycles. The van der Waals surface area contributed by atoms with Crippen molar-refractivity contribution in [2.45, 2.75) is 24.8 Å². The van der Waals surface area contributed by atoms with E-state index in [0.717, 1.165) is 0 Å². The third-order valence-electron chi connectivity index (χ3n) is 3.58. The number of carbonyl (C=O) groups is 1. The van der Waals surface area contributed by atoms with Gasteiger partial charge in [0.2, 0.25) is 5.91 Å². The fourth-order valence-corrected chi connectivity index (χ4v) is 2.34. The summed E-state index contributed by atoms with van der Waals surface area (Å²) in [5.74, 6) is 0.250. The second-order valence-electron chi connectivity index (χ2n) is 4.82. The molecule has 0 atom stereocenters. The van der Waals surface area contributed by atoms with Gasteiger partial charge in [-0.2, -0.15) is 0 Å². The zero-order chi connectivity index (χ0) is 13.3. The summed E-state index contributed by atoms with van der Waals surface area (Å²) in [7, 11) is 0. The first kappa shape index (κ1) is 12.0. The Balaban J connectivity index is 1.74. The maximum atomic E-state index is 13.8. The number of carbonyl (C=O) groups excluding carboxylic acids is 1. The van der Waals surface area contributed by atoms with Crippen molar-refractivity contribution in [3.8, 4) is 0 Å². The largest absolute Gasteiger partial charge is 0.467 e. The monoisotopic (exact) mass is 259 g/mol. The Labute approximate surface area is 110 Å². The van der Waals surface area contributed by atoms with E-state index in [1.165, 1.54) is 6.07 Å². The van der Waals surface area contributed by atoms with E-state index in [2.05, 4.69) is 5.32 Å². The van der Waals surface area contributed by atoms with E-state index < -0.39 is 5.41 Å². The first-order valence-corrected chi connectivity index (χ1v) is 6.28. The Morgan fingerprint density at radius 2 is 2.05 bits per heavy atom. The lowest BCUT2D eigenvalue weighted by Crippen LogP contribution is -2.34. The molecule has 2 aromatic rings. The Morgan fingerprint density at radius 3 is 2.68 bits per heavy atom. The number of halogens is 1. The Hall–Kier alpha value is -2.10. The molecule has 4 heteroatoms. The van der Waals surface area contributed by atoms with E-state index in [1.807, 2.05) is 0 Å². The van der Waals surface area contributed by atoms with Crippen LogP contribution in [0.15, 0.2) is 47.1 Å². The average Bonchev–Trinajstić information content (AvgIpc) is 3.06. The van der Waals surface area contributed by atoms with Crippen LogP contribution in [-0.4, -0.2) is 5.91 Å². The van der Waals surface area contributed by atoms with Crippen LogP contribution in [0.4, 0.5) is 4.39 Å². The second-order valence-corrected chi connectivity index (χ2v) is 4.82. The summed E-state index contributed by atoms with van der Waals surface area (Å²) in [5.41, 5.74) is -0.190. The van der Waals surface area contributed by atoms with Gasteiger partial charge in [0.05, 0.1) is 18.2 Å². The third-order valence-corrected chi connectivity index (χ3v) is 3.58. The maximum absolute atomic E-state index is 13.8. The van der Waals surface area contributed by atoms with Crippen molar-refractivity contribution in [1.82, 2.24) is 5.32 Å². The minimum atomic E-state index is -0.683. The van der Waals surface area contributed by atoms with E-state index in [4.69, 9.17) is 4.42 Å². The van der Waals surface area contributed by atoms with Gasteiger partial charge in [0.25, 0.3) is 0 Å². The molecule has 0 saturated heterocycles. The van der Waals surface area contributed by atoms with Crippen molar-refractivity contribution < 1.29 is 13.6 Å². The molecule has 0 unspecified atom stereocenters. The van der Waals surface area contributed by atoms with Crippen molar-refractivity contribution in [1.29, 1.82) is 0 Å². The normalized spacial score (nSPS) is 16.1. The number of benzene rings is 1. The van der Waals surface area contributed by atoms with Crippen molar-refractivity contribution in [2.75, 3.05) is 0 Å². The molecule has 1 heterocycles. The molecular weight excluding hydrogens is 245 g/mol. The fourth-order valence-electron chi connectivity index (χ4n) is 2.34. The molecule has 3 nitrogen and oxygen atoms in total. The zero-order valence-corrected chi connectivity index (χ0v) is 10.4. The topological polar surface area (TPSA) is 42.2 Å². The van der Waals surface area contributed by atoms with E-state index in [0.29, 0.717) is 30.7 Å². The Morgan fingerprint density at radius 1 is 1.26 bits per heavy atom. The van der Waals surface area contributed by atoms with E-state index in [-0.39, 0.29) is 11.7 Å². The summed E-state index contributed by atoms with van der Waals surface area (Å²) in [6.07, 6.45) is 2.95. The van der Waals surface area contributed by atoms with Gasteiger partial charge >= 0.3 is 0 Å². The Kier molecular flexibility index (Phi) is 2.85. The van der Waals surface area contributed by atoms with Crippen LogP contribution in [0.3, 0.4) is 0 Å². The van der Waals surface area contributed by atoms with E-state index in [9.17, 15) is 9.18 Å². The molecule has 0 bridgehead atoms. The smallest absolute Gasteiger partial charge is 0.231 e. The van der Waals surface area contributed by atoms with Crippen molar-refractivity contribution in [3.63, 3.8) is 0 Å². The van der Waals surface area contributed by atoms with Gasteiger partial charge in [0, 0.05) is 5.56 Å². The molecule has 3 rings (SSSR count). The summed E-state index contributed by atoms with van der Waals surface area (Å²) in [6, 6.07) is 10.0. The fraction of sp³-hybridized carbons (Fsp3) is 0.267. The van der Waals surface area contributed by atoms with Gasteiger partial charge in [0.15, 0.2) is 0 Å². The molecule has 98 valence electrons. The van der Waals surface area contributed by atoms with Crippen LogP contribution in [0.5, 0.6) is 0 Å². The average molecular weight is 259 g/mol. The minimum absolute atomic E-state index is 0.131. The number of hydrogen-bond donors (Lipinski definition) is 1. The van der Waals surface area contributed by atoms with Gasteiger partial charge in [-0.15, -0.1) is 0 Å². The van der Waals surface area contributed by atoms with Gasteiger partial charge < -0.3 is 9.73 Å². The molecule has 1 aromatic heterocycles. The summed E-state index contributed by atoms with van der Waals surface area (Å²) >= 11 is 0. The standard InChI is InChI=1S/C15H14FNO2/c16-13-6-2-1-5-12(13)15(7-8-15)14(18)17-10-11-4-3-9-19-11/h1-6,9H,7-8,10H2,(H,17,18). The van der Waals surface area contributed by atoms with Crippen molar-refractivity contribution in [2.24, 2.45) is 0 Å². The number of nitrogens with one attached hydrogen (secondary N) is 1. The van der Waals surface area contributed by atoms with Crippen LogP contribution < -0.4 is 5.32 Å². The number of rotatable bonds is 4. The summed E-state index contributed by atoms with van der Waals surface area (Å²) in [5, 5.41) is 2.81. The van der Waals surface area contributed by atoms with Crippen LogP contribution in [0.2, 0.25) is 0 Å². The van der Waals surface area contributed by atoms with Crippen LogP contribution in [0.1, 0.15) is 24.2 Å². The maximum Gasteiger partial charge on any atom is 0.231 e. The van der Waals surface area contributed by atoms with Crippen LogP contribution in [0, 0.1) is 5.82 Å². The predicted octanol–water partition coefficient (Wildman–Crippen LogP) is 2.77. The van der Waals surface area contributed by atoms with Crippen LogP contribution >= 0.6 is 0 Å². The molecular formula is C15H14FNO2. The molecule has 1 aromatic carbocycles. The van der Waals surface area contributed by atoms with E-state index in [1.54, 1.807) is 36.6 Å². The van der Waals surface area contributed by atoms with Crippen molar-refractivity contribution >= 4 is 5.91 Å². The highest BCUT2D eigenvalue weighted by molar-refractivity contribution is 5.91. The number of furan rings is 1. The SMILES string of the molecule is O=C(NCc1ccco1)C1(c2ccccc2F)CC1. The molecule has 1 aliphatic carbocycles. The first-order chi connectivity index (χ1) is 9.22. The van der Waals surface area contributed by atoms with Crippen molar-refractivity contribution in [3.05, 3.63) is 59.8 Å². The molecule has 0 spiro atoms. The highest BCUT2D eigenvalue weighted by Crippen LogP contribution is 2.49. The van der Waals surface area contributed by atoms with Gasteiger partial charge in [-0.3, -0.25) is 4.79 Å². The quantitative estimate of drug-likeness (QED) is 0.917. The lowest BCUT2D eigenvalue weighted by Gasteiger charge is -2.15. The van der Waals surface area contributed by atoms with Gasteiger partial charge in [-0.1, -0.05) is 18.2 Å². The van der Waals surface area contributed by atoms with Crippen LogP contribution in [-0.2, 0) is 16.8 Å². The van der Waals surface area contributed by atoms with E-state index >= 15 is 0 Å². The molecule has 1 fully saturated rings. The first-order valence-electron chi connectivity index (χ1n) is 6.28. The molecule has 0 radical (unpaired) electrons. The minimum Gasteiger partial charge on any atom is -0.467 e. The third kappa shape index (κ3) is 2.14. The number of amides is 1. The highest BCUT2D eigenvalue weighted by Gasteiger charge is 2.52. The molecule has 1 N–H and O–H groups in total. The molecule has 19 heavy (non-hydrogen) atoms. The second kappa shape index (κ2) is 4.53. The lowest BCUT2D eigenvalue weighted by molar-refractivity contribution is -0.123. The zero-order valence-electron chi connectivity index (χ0n) is 10.4. The molecule has 1 aliphatic rings. The molecule has 0 aliphatic heterocycles. The summed E-state index contributed by atoms with van der Waals surface area (Å²) in [6.45, 7) is 0.335. The summed E-state index contributed by atoms with van der Waals surface area (Å²) in [4.78, 5) is 12.3. The van der Waals surface area contributed by atoms with Crippen LogP contribution in [0.25, 0.3) is 0 Å². The van der Waals surface area contributed by atoms with Gasteiger partial charge in [0.1, 0.15) is 11.6 Å². The molecule has 1 amide bonds. The highest BCUT2D eigenvalue weighted by atomic mass is 19.1. The Bertz CT molecular complexity index is 588. The predicted molar refractivity (Wildman–Crippen MR) is 67.9 cm³/mol. The van der Waals surface area contributed by atoms with Gasteiger partial charge in [-0.05, 0) is 31.0 Å².